The van der Waals surface area contributed by atoms with Crippen molar-refractivity contribution >= 4 is 17.9 Å². The van der Waals surface area contributed by atoms with Gasteiger partial charge in [-0.25, -0.2) is 4.68 Å². The predicted molar refractivity (Wildman–Crippen MR) is 162 cm³/mol. The monoisotopic (exact) mass is 556 g/mol. The van der Waals surface area contributed by atoms with Crippen LogP contribution in [0.5, 0.6) is 5.75 Å². The van der Waals surface area contributed by atoms with Gasteiger partial charge in [0.15, 0.2) is 0 Å². The van der Waals surface area contributed by atoms with E-state index in [0.717, 1.165) is 28.1 Å². The van der Waals surface area contributed by atoms with Crippen LogP contribution >= 0.6 is 0 Å². The van der Waals surface area contributed by atoms with E-state index in [4.69, 9.17) is 9.84 Å². The maximum atomic E-state index is 13.7. The molecule has 5 rings (SSSR count). The number of imide groups is 1. The number of rotatable bonds is 8. The summed E-state index contributed by atoms with van der Waals surface area (Å²) in [7, 11) is 0. The van der Waals surface area contributed by atoms with Gasteiger partial charge in [-0.15, -0.1) is 0 Å². The van der Waals surface area contributed by atoms with Crippen LogP contribution in [0.25, 0.3) is 23.0 Å². The van der Waals surface area contributed by atoms with Gasteiger partial charge in [0, 0.05) is 28.9 Å². The van der Waals surface area contributed by atoms with Crippen molar-refractivity contribution in [3.8, 4) is 28.8 Å². The van der Waals surface area contributed by atoms with E-state index in [2.05, 4.69) is 0 Å². The second kappa shape index (κ2) is 12.1. The van der Waals surface area contributed by atoms with E-state index in [9.17, 15) is 14.9 Å². The minimum Gasteiger partial charge on any atom is -0.489 e. The Morgan fingerprint density at radius 3 is 2.31 bits per heavy atom. The van der Waals surface area contributed by atoms with E-state index >= 15 is 0 Å². The van der Waals surface area contributed by atoms with Gasteiger partial charge in [0.05, 0.1) is 11.4 Å². The van der Waals surface area contributed by atoms with Crippen LogP contribution in [0.15, 0.2) is 102 Å². The Balaban J connectivity index is 1.60. The molecule has 2 heterocycles. The molecule has 7 heteroatoms. The van der Waals surface area contributed by atoms with Crippen LogP contribution in [-0.2, 0) is 16.2 Å². The number of nitriles is 1. The molecule has 210 valence electrons. The van der Waals surface area contributed by atoms with Crippen molar-refractivity contribution in [2.75, 3.05) is 0 Å². The Labute approximate surface area is 246 Å². The number of hydrogen-bond acceptors (Lipinski definition) is 5. The molecule has 1 aliphatic rings. The number of amides is 2. The zero-order valence-electron chi connectivity index (χ0n) is 24.2. The second-order valence-electron chi connectivity index (χ2n) is 10.4. The molecule has 7 nitrogen and oxygen atoms in total. The highest BCUT2D eigenvalue weighted by molar-refractivity contribution is 6.20. The molecule has 1 atom stereocenters. The summed E-state index contributed by atoms with van der Waals surface area (Å²) >= 11 is 0. The van der Waals surface area contributed by atoms with E-state index in [1.165, 1.54) is 4.90 Å². The average Bonchev–Trinajstić information content (AvgIpc) is 3.43. The topological polar surface area (TPSA) is 88.2 Å². The maximum absolute atomic E-state index is 13.7. The van der Waals surface area contributed by atoms with E-state index in [0.29, 0.717) is 35.4 Å². The molecular formula is C35H32N4O3. The van der Waals surface area contributed by atoms with Crippen LogP contribution in [0.1, 0.15) is 43.9 Å². The molecule has 1 aromatic heterocycles. The van der Waals surface area contributed by atoms with Crippen molar-refractivity contribution < 1.29 is 14.3 Å². The Bertz CT molecular complexity index is 1740. The molecule has 4 aromatic rings. The molecule has 1 aliphatic heterocycles. The second-order valence-corrected chi connectivity index (χ2v) is 10.4. The van der Waals surface area contributed by atoms with Crippen molar-refractivity contribution in [3.05, 3.63) is 118 Å². The minimum atomic E-state index is -0.548. The number of carbonyl (C=O) groups excluding carboxylic acids is 2. The molecule has 3 aromatic carbocycles. The Morgan fingerprint density at radius 1 is 0.976 bits per heavy atom. The van der Waals surface area contributed by atoms with E-state index in [1.807, 2.05) is 112 Å². The van der Waals surface area contributed by atoms with Gasteiger partial charge < -0.3 is 4.74 Å². The number of para-hydroxylation sites is 1. The number of carbonyl (C=O) groups is 2. The third kappa shape index (κ3) is 5.52. The van der Waals surface area contributed by atoms with Gasteiger partial charge in [-0.3, -0.25) is 14.5 Å². The van der Waals surface area contributed by atoms with Gasteiger partial charge in [0.1, 0.15) is 24.0 Å². The predicted octanol–water partition coefficient (Wildman–Crippen LogP) is 6.82. The lowest BCUT2D eigenvalue weighted by Crippen LogP contribution is -2.47. The molecule has 1 unspecified atom stereocenters. The van der Waals surface area contributed by atoms with Crippen LogP contribution in [0.3, 0.4) is 0 Å². The first kappa shape index (κ1) is 28.3. The maximum Gasteiger partial charge on any atom is 0.271 e. The largest absolute Gasteiger partial charge is 0.489 e. The highest BCUT2D eigenvalue weighted by Crippen LogP contribution is 2.33. The first-order valence-corrected chi connectivity index (χ1v) is 14.0. The molecule has 0 saturated carbocycles. The lowest BCUT2D eigenvalue weighted by Gasteiger charge is -2.31. The fraction of sp³-hybridized carbons (Fsp3) is 0.200. The molecule has 0 fully saturated rings. The molecule has 0 aliphatic carbocycles. The Morgan fingerprint density at radius 2 is 1.67 bits per heavy atom. The summed E-state index contributed by atoms with van der Waals surface area (Å²) < 4.78 is 7.86. The fourth-order valence-electron chi connectivity index (χ4n) is 4.96. The highest BCUT2D eigenvalue weighted by atomic mass is 16.5. The van der Waals surface area contributed by atoms with Gasteiger partial charge in [-0.1, -0.05) is 55.5 Å². The van der Waals surface area contributed by atoms with Crippen LogP contribution in [0.4, 0.5) is 0 Å². The minimum absolute atomic E-state index is 0.0195. The summed E-state index contributed by atoms with van der Waals surface area (Å²) in [4.78, 5) is 27.9. The Hall–Kier alpha value is -5.22. The first-order chi connectivity index (χ1) is 20.3. The van der Waals surface area contributed by atoms with Crippen molar-refractivity contribution in [2.45, 2.75) is 46.8 Å². The number of aromatic nitrogens is 2. The third-order valence-electron chi connectivity index (χ3n) is 7.55. The van der Waals surface area contributed by atoms with E-state index in [1.54, 1.807) is 17.7 Å². The van der Waals surface area contributed by atoms with Crippen LogP contribution < -0.4 is 4.74 Å². The number of hydrogen-bond donors (Lipinski definition) is 0. The number of ether oxygens (including phenoxy) is 1. The molecule has 2 amide bonds. The summed E-state index contributed by atoms with van der Waals surface area (Å²) in [5.74, 6) is -0.189. The van der Waals surface area contributed by atoms with E-state index in [-0.39, 0.29) is 11.6 Å². The molecule has 0 N–H and O–H groups in total. The number of aryl methyl sites for hydroxylation is 1. The van der Waals surface area contributed by atoms with Gasteiger partial charge in [0.2, 0.25) is 0 Å². The lowest BCUT2D eigenvalue weighted by molar-refractivity contribution is -0.142. The summed E-state index contributed by atoms with van der Waals surface area (Å²) in [5.41, 5.74) is 5.74. The van der Waals surface area contributed by atoms with Crippen molar-refractivity contribution in [1.29, 1.82) is 5.26 Å². The normalized spacial score (nSPS) is 15.2. The van der Waals surface area contributed by atoms with Crippen LogP contribution in [-0.4, -0.2) is 32.5 Å². The average molecular weight is 557 g/mol. The first-order valence-electron chi connectivity index (χ1n) is 14.0. The highest BCUT2D eigenvalue weighted by Gasteiger charge is 2.37. The van der Waals surface area contributed by atoms with Crippen molar-refractivity contribution in [1.82, 2.24) is 14.7 Å². The smallest absolute Gasteiger partial charge is 0.271 e. The molecular weight excluding hydrogens is 524 g/mol. The summed E-state index contributed by atoms with van der Waals surface area (Å²) in [6.07, 6.45) is 4.19. The fourth-order valence-corrected chi connectivity index (χ4v) is 4.96. The molecule has 0 radical (unpaired) electrons. The van der Waals surface area contributed by atoms with E-state index < -0.39 is 11.8 Å². The molecule has 42 heavy (non-hydrogen) atoms. The Kier molecular flexibility index (Phi) is 8.16. The summed E-state index contributed by atoms with van der Waals surface area (Å²) in [6, 6.07) is 27.3. The number of benzene rings is 3. The molecule has 0 saturated heterocycles. The lowest BCUT2D eigenvalue weighted by atomic mass is 9.92. The zero-order valence-corrected chi connectivity index (χ0v) is 24.2. The number of nitrogens with zero attached hydrogens (tertiary/aromatic N) is 4. The van der Waals surface area contributed by atoms with Crippen LogP contribution in [0, 0.1) is 18.3 Å². The van der Waals surface area contributed by atoms with Gasteiger partial charge in [0.25, 0.3) is 11.8 Å². The van der Waals surface area contributed by atoms with Gasteiger partial charge >= 0.3 is 0 Å². The third-order valence-corrected chi connectivity index (χ3v) is 7.55. The van der Waals surface area contributed by atoms with Crippen molar-refractivity contribution in [3.63, 3.8) is 0 Å². The SMILES string of the molecule is CCC(C)N1C(=O)C(C#N)=C(C)/C(=C\c2cn(-c3ccccc3)nc2-c2ccc(OCc3ccccc3)c(C)c2)C1=O. The zero-order chi connectivity index (χ0) is 29.8. The molecule has 0 bridgehead atoms. The van der Waals surface area contributed by atoms with Gasteiger partial charge in [-0.05, 0) is 80.3 Å². The quantitative estimate of drug-likeness (QED) is 0.176. The van der Waals surface area contributed by atoms with Crippen molar-refractivity contribution in [2.24, 2.45) is 0 Å². The van der Waals surface area contributed by atoms with Gasteiger partial charge in [-0.2, -0.15) is 10.4 Å². The van der Waals surface area contributed by atoms with Crippen LogP contribution in [0.2, 0.25) is 0 Å². The summed E-state index contributed by atoms with van der Waals surface area (Å²) in [6.45, 7) is 7.82. The standard InChI is InChI=1S/C35H32N4O3/c1-5-24(3)39-34(40)30(25(4)31(20-36)35(39)41)19-28-21-38(29-14-10-7-11-15-29)37-33(28)27-16-17-32(23(2)18-27)42-22-26-12-8-6-9-13-26/h6-19,21,24H,5,22H2,1-4H3/b30-19+. The molecule has 0 spiro atoms. The summed E-state index contributed by atoms with van der Waals surface area (Å²) in [5, 5.41) is 14.7.